The highest BCUT2D eigenvalue weighted by molar-refractivity contribution is 5.55. The molecule has 1 aliphatic heterocycles. The van der Waals surface area contributed by atoms with Gasteiger partial charge >= 0.3 is 0 Å². The number of fused-ring (bicyclic) bond motifs is 1. The van der Waals surface area contributed by atoms with Gasteiger partial charge in [-0.2, -0.15) is 4.98 Å². The molecule has 0 amide bonds. The van der Waals surface area contributed by atoms with E-state index in [4.69, 9.17) is 4.98 Å². The highest BCUT2D eigenvalue weighted by Gasteiger charge is 2.31. The number of benzene rings is 1. The Morgan fingerprint density at radius 2 is 2.04 bits per heavy atom. The molecule has 4 rings (SSSR count). The van der Waals surface area contributed by atoms with Crippen LogP contribution < -0.4 is 9.80 Å². The molecule has 27 heavy (non-hydrogen) atoms. The lowest BCUT2D eigenvalue weighted by Crippen LogP contribution is -2.36. The molecule has 2 N–H and O–H groups in total. The molecule has 7 heteroatoms. The molecule has 3 heterocycles. The van der Waals surface area contributed by atoms with Crippen LogP contribution in [0.1, 0.15) is 34.1 Å². The standard InChI is InChI=1S/C20H24N6O/c1-12-13(2)23-20(25(3)4)24-19(12)26-9-16(14-6-5-7-15(27)8-14)18-17(10-26)21-11-22-18/h5-8,11,16,27H,9-10H2,1-4H3,(H,21,22). The van der Waals surface area contributed by atoms with Crippen LogP contribution in [0.4, 0.5) is 11.8 Å². The predicted octanol–water partition coefficient (Wildman–Crippen LogP) is 2.74. The molecule has 1 unspecified atom stereocenters. The normalized spacial score (nSPS) is 16.3. The Bertz CT molecular complexity index is 980. The van der Waals surface area contributed by atoms with E-state index in [-0.39, 0.29) is 11.7 Å². The zero-order chi connectivity index (χ0) is 19.1. The molecule has 1 aromatic carbocycles. The van der Waals surface area contributed by atoms with Crippen LogP contribution in [0, 0.1) is 13.8 Å². The summed E-state index contributed by atoms with van der Waals surface area (Å²) in [5, 5.41) is 9.94. The van der Waals surface area contributed by atoms with Gasteiger partial charge < -0.3 is 19.9 Å². The van der Waals surface area contributed by atoms with E-state index >= 15 is 0 Å². The fourth-order valence-corrected chi connectivity index (χ4v) is 3.59. The fourth-order valence-electron chi connectivity index (χ4n) is 3.59. The third-order valence-corrected chi connectivity index (χ3v) is 5.16. The summed E-state index contributed by atoms with van der Waals surface area (Å²) >= 11 is 0. The SMILES string of the molecule is Cc1nc(N(C)C)nc(N2Cc3[nH]cnc3C(c3cccc(O)c3)C2)c1C. The third kappa shape index (κ3) is 3.09. The van der Waals surface area contributed by atoms with Crippen molar-refractivity contribution in [3.8, 4) is 5.75 Å². The highest BCUT2D eigenvalue weighted by Crippen LogP contribution is 2.36. The average Bonchev–Trinajstić information content (AvgIpc) is 3.11. The number of phenolic OH excluding ortho intramolecular Hbond substituents is 1. The molecule has 0 radical (unpaired) electrons. The van der Waals surface area contributed by atoms with Crippen molar-refractivity contribution in [2.45, 2.75) is 26.3 Å². The maximum Gasteiger partial charge on any atom is 0.227 e. The van der Waals surface area contributed by atoms with Gasteiger partial charge in [0.25, 0.3) is 0 Å². The average molecular weight is 364 g/mol. The van der Waals surface area contributed by atoms with Crippen LogP contribution >= 0.6 is 0 Å². The second-order valence-corrected chi connectivity index (χ2v) is 7.25. The number of nitrogens with one attached hydrogen (secondary N) is 1. The number of hydrogen-bond donors (Lipinski definition) is 2. The van der Waals surface area contributed by atoms with Gasteiger partial charge in [0.15, 0.2) is 0 Å². The van der Waals surface area contributed by atoms with Crippen molar-refractivity contribution in [3.63, 3.8) is 0 Å². The Hall–Kier alpha value is -3.09. The minimum atomic E-state index is 0.0598. The molecule has 0 spiro atoms. The van der Waals surface area contributed by atoms with E-state index in [2.05, 4.69) is 26.8 Å². The summed E-state index contributed by atoms with van der Waals surface area (Å²) < 4.78 is 0. The smallest absolute Gasteiger partial charge is 0.227 e. The van der Waals surface area contributed by atoms with Crippen molar-refractivity contribution < 1.29 is 5.11 Å². The van der Waals surface area contributed by atoms with Gasteiger partial charge in [-0.05, 0) is 31.5 Å². The summed E-state index contributed by atoms with van der Waals surface area (Å²) in [4.78, 5) is 21.4. The van der Waals surface area contributed by atoms with Gasteiger partial charge in [-0.1, -0.05) is 12.1 Å². The zero-order valence-electron chi connectivity index (χ0n) is 16.1. The van der Waals surface area contributed by atoms with E-state index < -0.39 is 0 Å². The number of aromatic amines is 1. The number of aromatic hydroxyl groups is 1. The van der Waals surface area contributed by atoms with E-state index in [9.17, 15) is 5.11 Å². The van der Waals surface area contributed by atoms with Crippen molar-refractivity contribution in [1.82, 2.24) is 19.9 Å². The lowest BCUT2D eigenvalue weighted by atomic mass is 9.90. The van der Waals surface area contributed by atoms with Gasteiger partial charge in [0.05, 0.1) is 24.3 Å². The second kappa shape index (κ2) is 6.57. The monoisotopic (exact) mass is 364 g/mol. The summed E-state index contributed by atoms with van der Waals surface area (Å²) in [6, 6.07) is 7.42. The van der Waals surface area contributed by atoms with Gasteiger partial charge in [0.2, 0.25) is 5.95 Å². The van der Waals surface area contributed by atoms with Gasteiger partial charge in [-0.15, -0.1) is 0 Å². The Morgan fingerprint density at radius 3 is 2.78 bits per heavy atom. The lowest BCUT2D eigenvalue weighted by Gasteiger charge is -2.34. The maximum atomic E-state index is 9.94. The molecule has 1 atom stereocenters. The molecular weight excluding hydrogens is 340 g/mol. The number of aromatic nitrogens is 4. The van der Waals surface area contributed by atoms with E-state index in [1.54, 1.807) is 12.4 Å². The quantitative estimate of drug-likeness (QED) is 0.744. The topological polar surface area (TPSA) is 81.2 Å². The summed E-state index contributed by atoms with van der Waals surface area (Å²) in [5.74, 6) is 1.98. The first-order valence-electron chi connectivity index (χ1n) is 9.02. The summed E-state index contributed by atoms with van der Waals surface area (Å²) in [6.07, 6.45) is 1.74. The largest absolute Gasteiger partial charge is 0.508 e. The molecule has 3 aromatic rings. The van der Waals surface area contributed by atoms with Crippen molar-refractivity contribution in [3.05, 3.63) is 58.8 Å². The van der Waals surface area contributed by atoms with Crippen LogP contribution in [0.2, 0.25) is 0 Å². The first-order chi connectivity index (χ1) is 12.9. The van der Waals surface area contributed by atoms with Crippen molar-refractivity contribution in [2.24, 2.45) is 0 Å². The minimum Gasteiger partial charge on any atom is -0.508 e. The van der Waals surface area contributed by atoms with E-state index in [0.717, 1.165) is 47.1 Å². The molecule has 0 aliphatic carbocycles. The molecule has 140 valence electrons. The van der Waals surface area contributed by atoms with Crippen molar-refractivity contribution in [2.75, 3.05) is 30.4 Å². The third-order valence-electron chi connectivity index (χ3n) is 5.16. The van der Waals surface area contributed by atoms with Crippen LogP contribution in [-0.4, -0.2) is 45.7 Å². The zero-order valence-corrected chi connectivity index (χ0v) is 16.1. The van der Waals surface area contributed by atoms with Crippen LogP contribution in [0.15, 0.2) is 30.6 Å². The molecule has 0 saturated carbocycles. The summed E-state index contributed by atoms with van der Waals surface area (Å²) in [6.45, 7) is 5.54. The van der Waals surface area contributed by atoms with Crippen molar-refractivity contribution in [1.29, 1.82) is 0 Å². The van der Waals surface area contributed by atoms with Crippen LogP contribution in [-0.2, 0) is 6.54 Å². The number of phenols is 1. The predicted molar refractivity (Wildman–Crippen MR) is 105 cm³/mol. The molecule has 0 bridgehead atoms. The molecule has 2 aromatic heterocycles. The first-order valence-corrected chi connectivity index (χ1v) is 9.02. The van der Waals surface area contributed by atoms with Gasteiger partial charge in [0.1, 0.15) is 11.6 Å². The van der Waals surface area contributed by atoms with Crippen molar-refractivity contribution >= 4 is 11.8 Å². The lowest BCUT2D eigenvalue weighted by molar-refractivity contribution is 0.473. The number of aryl methyl sites for hydroxylation is 1. The van der Waals surface area contributed by atoms with E-state index in [1.165, 1.54) is 0 Å². The van der Waals surface area contributed by atoms with E-state index in [1.807, 2.05) is 44.1 Å². The van der Waals surface area contributed by atoms with Gasteiger partial charge in [-0.3, -0.25) is 0 Å². The molecule has 0 fully saturated rings. The van der Waals surface area contributed by atoms with E-state index in [0.29, 0.717) is 5.95 Å². The van der Waals surface area contributed by atoms with Gasteiger partial charge in [0, 0.05) is 37.8 Å². The number of rotatable bonds is 3. The number of imidazole rings is 1. The molecule has 0 saturated heterocycles. The Balaban J connectivity index is 1.78. The summed E-state index contributed by atoms with van der Waals surface area (Å²) in [7, 11) is 3.90. The molecular formula is C20H24N6O. The Morgan fingerprint density at radius 1 is 1.22 bits per heavy atom. The molecule has 7 nitrogen and oxygen atoms in total. The Kier molecular flexibility index (Phi) is 4.22. The second-order valence-electron chi connectivity index (χ2n) is 7.25. The fraction of sp³-hybridized carbons (Fsp3) is 0.350. The summed E-state index contributed by atoms with van der Waals surface area (Å²) in [5.41, 5.74) is 5.22. The minimum absolute atomic E-state index is 0.0598. The van der Waals surface area contributed by atoms with Crippen LogP contribution in [0.25, 0.3) is 0 Å². The highest BCUT2D eigenvalue weighted by atomic mass is 16.3. The number of anilines is 2. The number of H-pyrrole nitrogens is 1. The number of nitrogens with zero attached hydrogens (tertiary/aromatic N) is 5. The number of hydrogen-bond acceptors (Lipinski definition) is 6. The van der Waals surface area contributed by atoms with Crippen LogP contribution in [0.5, 0.6) is 5.75 Å². The maximum absolute atomic E-state index is 9.94. The first kappa shape index (κ1) is 17.3. The van der Waals surface area contributed by atoms with Crippen LogP contribution in [0.3, 0.4) is 0 Å². The van der Waals surface area contributed by atoms with Gasteiger partial charge in [-0.25, -0.2) is 9.97 Å². The Labute approximate surface area is 158 Å². The molecule has 1 aliphatic rings.